The third-order valence-electron chi connectivity index (χ3n) is 2.05. The predicted octanol–water partition coefficient (Wildman–Crippen LogP) is 0.156. The number of rotatable bonds is 2. The van der Waals surface area contributed by atoms with Crippen LogP contribution in [0.2, 0.25) is 0 Å². The van der Waals surface area contributed by atoms with Crippen molar-refractivity contribution in [2.24, 2.45) is 0 Å². The second kappa shape index (κ2) is 3.53. The summed E-state index contributed by atoms with van der Waals surface area (Å²) in [6, 6.07) is 0.0282. The van der Waals surface area contributed by atoms with Crippen molar-refractivity contribution < 1.29 is 9.90 Å². The summed E-state index contributed by atoms with van der Waals surface area (Å²) in [6.07, 6.45) is 3.20. The predicted molar refractivity (Wildman–Crippen MR) is 42.0 cm³/mol. The fourth-order valence-corrected chi connectivity index (χ4v) is 1.43. The van der Waals surface area contributed by atoms with E-state index >= 15 is 0 Å². The Morgan fingerprint density at radius 2 is 2.55 bits per heavy atom. The first-order valence-corrected chi connectivity index (χ1v) is 3.83. The molecule has 0 bridgehead atoms. The van der Waals surface area contributed by atoms with Crippen molar-refractivity contribution in [1.82, 2.24) is 4.90 Å². The molecule has 0 aromatic carbocycles. The molecule has 0 radical (unpaired) electrons. The maximum Gasteiger partial charge on any atom is 0.246 e. The number of amides is 1. The largest absolute Gasteiger partial charge is 0.394 e. The van der Waals surface area contributed by atoms with Gasteiger partial charge < -0.3 is 10.0 Å². The Balaban J connectivity index is 2.55. The van der Waals surface area contributed by atoms with E-state index in [0.29, 0.717) is 0 Å². The molecule has 1 heterocycles. The van der Waals surface area contributed by atoms with E-state index in [9.17, 15) is 4.79 Å². The fraction of sp³-hybridized carbons (Fsp3) is 0.625. The van der Waals surface area contributed by atoms with Crippen molar-refractivity contribution >= 4 is 5.91 Å². The number of carbonyl (C=O) groups excluding carboxylic acids is 1. The Kier molecular flexibility index (Phi) is 2.65. The van der Waals surface area contributed by atoms with E-state index in [2.05, 4.69) is 6.58 Å². The van der Waals surface area contributed by atoms with Crippen molar-refractivity contribution in [2.45, 2.75) is 18.9 Å². The van der Waals surface area contributed by atoms with Gasteiger partial charge in [0.2, 0.25) is 5.91 Å². The van der Waals surface area contributed by atoms with Crippen molar-refractivity contribution in [3.8, 4) is 0 Å². The molecule has 0 aromatic heterocycles. The zero-order chi connectivity index (χ0) is 8.27. The van der Waals surface area contributed by atoms with E-state index in [1.165, 1.54) is 6.08 Å². The highest BCUT2D eigenvalue weighted by Crippen LogP contribution is 2.16. The zero-order valence-corrected chi connectivity index (χ0v) is 6.49. The summed E-state index contributed by atoms with van der Waals surface area (Å²) in [5, 5.41) is 8.85. The fourth-order valence-electron chi connectivity index (χ4n) is 1.43. The number of nitrogens with zero attached hydrogens (tertiary/aromatic N) is 1. The van der Waals surface area contributed by atoms with Crippen LogP contribution in [0, 0.1) is 0 Å². The highest BCUT2D eigenvalue weighted by Gasteiger charge is 2.25. The first-order valence-electron chi connectivity index (χ1n) is 3.83. The molecule has 0 aromatic rings. The van der Waals surface area contributed by atoms with Gasteiger partial charge in [-0.25, -0.2) is 0 Å². The second-order valence-electron chi connectivity index (χ2n) is 2.71. The molecule has 3 heteroatoms. The molecular weight excluding hydrogens is 142 g/mol. The minimum Gasteiger partial charge on any atom is -0.394 e. The molecule has 1 amide bonds. The second-order valence-corrected chi connectivity index (χ2v) is 2.71. The SMILES string of the molecule is C=CC(=O)N1CCC[C@H]1CO. The van der Waals surface area contributed by atoms with Gasteiger partial charge in [-0.2, -0.15) is 0 Å². The van der Waals surface area contributed by atoms with Crippen LogP contribution in [0.5, 0.6) is 0 Å². The molecule has 3 nitrogen and oxygen atoms in total. The number of carbonyl (C=O) groups is 1. The lowest BCUT2D eigenvalue weighted by atomic mass is 10.2. The van der Waals surface area contributed by atoms with Gasteiger partial charge in [-0.1, -0.05) is 6.58 Å². The smallest absolute Gasteiger partial charge is 0.246 e. The quantitative estimate of drug-likeness (QED) is 0.577. The van der Waals surface area contributed by atoms with E-state index in [4.69, 9.17) is 5.11 Å². The van der Waals surface area contributed by atoms with Crippen molar-refractivity contribution in [1.29, 1.82) is 0 Å². The van der Waals surface area contributed by atoms with Crippen molar-refractivity contribution in [3.05, 3.63) is 12.7 Å². The first kappa shape index (κ1) is 8.27. The molecule has 1 fully saturated rings. The normalized spacial score (nSPS) is 23.7. The summed E-state index contributed by atoms with van der Waals surface area (Å²) in [7, 11) is 0. The Labute approximate surface area is 66.3 Å². The van der Waals surface area contributed by atoms with Gasteiger partial charge >= 0.3 is 0 Å². The minimum atomic E-state index is -0.0680. The molecule has 1 rings (SSSR count). The summed E-state index contributed by atoms with van der Waals surface area (Å²) < 4.78 is 0. The molecule has 1 N–H and O–H groups in total. The van der Waals surface area contributed by atoms with Crippen molar-refractivity contribution in [3.63, 3.8) is 0 Å². The lowest BCUT2D eigenvalue weighted by molar-refractivity contribution is -0.127. The first-order chi connectivity index (χ1) is 5.29. The Morgan fingerprint density at radius 3 is 3.09 bits per heavy atom. The minimum absolute atomic E-state index is 0.0282. The Hall–Kier alpha value is -0.830. The number of hydrogen-bond acceptors (Lipinski definition) is 2. The Bertz CT molecular complexity index is 167. The average molecular weight is 155 g/mol. The third-order valence-corrected chi connectivity index (χ3v) is 2.05. The lowest BCUT2D eigenvalue weighted by Crippen LogP contribution is -2.36. The van der Waals surface area contributed by atoms with Crippen LogP contribution in [0.3, 0.4) is 0 Å². The molecule has 0 aliphatic carbocycles. The van der Waals surface area contributed by atoms with Crippen LogP contribution < -0.4 is 0 Å². The van der Waals surface area contributed by atoms with Crippen LogP contribution in [0.25, 0.3) is 0 Å². The average Bonchev–Trinajstić information content (AvgIpc) is 2.50. The van der Waals surface area contributed by atoms with Gasteiger partial charge in [-0.15, -0.1) is 0 Å². The summed E-state index contributed by atoms with van der Waals surface area (Å²) >= 11 is 0. The van der Waals surface area contributed by atoms with Gasteiger partial charge in [0.25, 0.3) is 0 Å². The molecule has 1 saturated heterocycles. The molecule has 0 saturated carbocycles. The molecular formula is C8H13NO2. The van der Waals surface area contributed by atoms with Crippen molar-refractivity contribution in [2.75, 3.05) is 13.2 Å². The monoisotopic (exact) mass is 155 g/mol. The summed E-state index contributed by atoms with van der Waals surface area (Å²) in [5.41, 5.74) is 0. The molecule has 1 atom stereocenters. The van der Waals surface area contributed by atoms with E-state index < -0.39 is 0 Å². The van der Waals surface area contributed by atoms with E-state index in [1.807, 2.05) is 0 Å². The van der Waals surface area contributed by atoms with Crippen LogP contribution in [0.1, 0.15) is 12.8 Å². The zero-order valence-electron chi connectivity index (χ0n) is 6.49. The lowest BCUT2D eigenvalue weighted by Gasteiger charge is -2.20. The summed E-state index contributed by atoms with van der Waals surface area (Å²) in [6.45, 7) is 4.23. The summed E-state index contributed by atoms with van der Waals surface area (Å²) in [5.74, 6) is -0.0680. The van der Waals surface area contributed by atoms with Gasteiger partial charge in [-0.3, -0.25) is 4.79 Å². The molecule has 11 heavy (non-hydrogen) atoms. The van der Waals surface area contributed by atoms with Gasteiger partial charge in [0.15, 0.2) is 0 Å². The number of likely N-dealkylation sites (tertiary alicyclic amines) is 1. The van der Waals surface area contributed by atoms with Crippen LogP contribution in [-0.4, -0.2) is 35.1 Å². The molecule has 1 aliphatic heterocycles. The maximum absolute atomic E-state index is 11.1. The third kappa shape index (κ3) is 1.60. The molecule has 0 spiro atoms. The number of hydrogen-bond donors (Lipinski definition) is 1. The van der Waals surface area contributed by atoms with Crippen LogP contribution in [0.15, 0.2) is 12.7 Å². The maximum atomic E-state index is 11.1. The topological polar surface area (TPSA) is 40.5 Å². The molecule has 62 valence electrons. The van der Waals surface area contributed by atoms with Gasteiger partial charge in [-0.05, 0) is 18.9 Å². The highest BCUT2D eigenvalue weighted by atomic mass is 16.3. The highest BCUT2D eigenvalue weighted by molar-refractivity contribution is 5.87. The van der Waals surface area contributed by atoms with Crippen LogP contribution >= 0.6 is 0 Å². The van der Waals surface area contributed by atoms with Gasteiger partial charge in [0.05, 0.1) is 12.6 Å². The van der Waals surface area contributed by atoms with E-state index in [-0.39, 0.29) is 18.6 Å². The van der Waals surface area contributed by atoms with E-state index in [0.717, 1.165) is 19.4 Å². The standard InChI is InChI=1S/C8H13NO2/c1-2-8(11)9-5-3-4-7(9)6-10/h2,7,10H,1,3-6H2/t7-/m0/s1. The molecule has 1 aliphatic rings. The van der Waals surface area contributed by atoms with Gasteiger partial charge in [0, 0.05) is 6.54 Å². The van der Waals surface area contributed by atoms with Gasteiger partial charge in [0.1, 0.15) is 0 Å². The summed E-state index contributed by atoms with van der Waals surface area (Å²) in [4.78, 5) is 12.8. The number of aliphatic hydroxyl groups is 1. The number of aliphatic hydroxyl groups excluding tert-OH is 1. The Morgan fingerprint density at radius 1 is 1.82 bits per heavy atom. The van der Waals surface area contributed by atoms with Crippen LogP contribution in [0.4, 0.5) is 0 Å². The molecule has 0 unspecified atom stereocenters. The van der Waals surface area contributed by atoms with E-state index in [1.54, 1.807) is 4.90 Å². The van der Waals surface area contributed by atoms with Crippen LogP contribution in [-0.2, 0) is 4.79 Å².